The van der Waals surface area contributed by atoms with E-state index in [4.69, 9.17) is 0 Å². The van der Waals surface area contributed by atoms with Gasteiger partial charge in [0.05, 0.1) is 0 Å². The van der Waals surface area contributed by atoms with E-state index in [0.717, 1.165) is 0 Å². The fraction of sp³-hybridized carbons (Fsp3) is 0.167. The van der Waals surface area contributed by atoms with Gasteiger partial charge in [-0.3, -0.25) is 0 Å². The van der Waals surface area contributed by atoms with Crippen LogP contribution in [0.2, 0.25) is 0 Å². The van der Waals surface area contributed by atoms with Crippen LogP contribution in [0.5, 0.6) is 0 Å². The minimum absolute atomic E-state index is 0.0647. The average Bonchev–Trinajstić information content (AvgIpc) is 3.78. The first-order valence-electron chi connectivity index (χ1n) is 13.8. The molecule has 0 unspecified atom stereocenters. The predicted octanol–water partition coefficient (Wildman–Crippen LogP) is 5.92. The summed E-state index contributed by atoms with van der Waals surface area (Å²) in [6, 6.07) is 40.7. The molecule has 198 valence electrons. The van der Waals surface area contributed by atoms with Crippen LogP contribution in [-0.4, -0.2) is 44.9 Å². The van der Waals surface area contributed by atoms with Crippen LogP contribution < -0.4 is 6.47 Å². The quantitative estimate of drug-likeness (QED) is 0.211. The van der Waals surface area contributed by atoms with Gasteiger partial charge < -0.3 is 0 Å². The normalized spacial score (nSPS) is 18.5. The molecule has 0 atom stereocenters. The molecule has 40 heavy (non-hydrogen) atoms. The third-order valence-corrected chi connectivity index (χ3v) is 15.2. The number of hydrogen-bond donors (Lipinski definition) is 2. The summed E-state index contributed by atoms with van der Waals surface area (Å²) in [7, 11) is 0. The fourth-order valence-electron chi connectivity index (χ4n) is 5.76. The second-order valence-corrected chi connectivity index (χ2v) is 17.0. The van der Waals surface area contributed by atoms with Gasteiger partial charge in [0.15, 0.2) is 0 Å². The first-order chi connectivity index (χ1) is 19.3. The molecular weight excluding hydrogens is 667 g/mol. The summed E-state index contributed by atoms with van der Waals surface area (Å²) in [5, 5.41) is 0. The molecule has 1 aliphatic heterocycles. The molecule has 2 aromatic carbocycles. The van der Waals surface area contributed by atoms with E-state index in [1.165, 1.54) is 60.4 Å². The van der Waals surface area contributed by atoms with Gasteiger partial charge in [0.1, 0.15) is 0 Å². The van der Waals surface area contributed by atoms with Crippen molar-refractivity contribution < 1.29 is 0 Å². The first-order valence-corrected chi connectivity index (χ1v) is 17.8. The van der Waals surface area contributed by atoms with Crippen molar-refractivity contribution in [1.82, 2.24) is 9.97 Å². The third kappa shape index (κ3) is 4.30. The average molecular weight is 699 g/mol. The van der Waals surface area contributed by atoms with Gasteiger partial charge in [-0.2, -0.15) is 0 Å². The van der Waals surface area contributed by atoms with Gasteiger partial charge >= 0.3 is 253 Å². The Labute approximate surface area is 251 Å². The summed E-state index contributed by atoms with van der Waals surface area (Å²) in [6.07, 6.45) is 0. The molecule has 0 saturated heterocycles. The molecule has 0 amide bonds. The summed E-state index contributed by atoms with van der Waals surface area (Å²) in [5.74, 6) is 0. The second kappa shape index (κ2) is 9.83. The van der Waals surface area contributed by atoms with E-state index in [-0.39, 0.29) is 25.3 Å². The van der Waals surface area contributed by atoms with Crippen molar-refractivity contribution in [3.05, 3.63) is 158 Å². The van der Waals surface area contributed by atoms with E-state index in [9.17, 15) is 0 Å². The topological polar surface area (TPSA) is 31.6 Å². The van der Waals surface area contributed by atoms with E-state index in [1.54, 1.807) is 0 Å². The van der Waals surface area contributed by atoms with Gasteiger partial charge in [0.2, 0.25) is 0 Å². The Morgan fingerprint density at radius 1 is 0.500 bits per heavy atom. The van der Waals surface area contributed by atoms with E-state index < -0.39 is 20.4 Å². The van der Waals surface area contributed by atoms with Crippen LogP contribution in [-0.2, 0) is 10.8 Å². The molecule has 5 heterocycles. The van der Waals surface area contributed by atoms with E-state index >= 15 is 0 Å². The summed E-state index contributed by atoms with van der Waals surface area (Å²) in [4.78, 5) is 7.83. The van der Waals surface area contributed by atoms with Gasteiger partial charge in [0, 0.05) is 0 Å². The van der Waals surface area contributed by atoms with Gasteiger partial charge in [-0.15, -0.1) is 0 Å². The number of benzene rings is 2. The van der Waals surface area contributed by atoms with Crippen LogP contribution >= 0.6 is 0 Å². The number of H-pyrrole nitrogens is 2. The molecule has 0 radical (unpaired) electrons. The van der Waals surface area contributed by atoms with Crippen LogP contribution in [0.3, 0.4) is 0 Å². The molecule has 0 aliphatic carbocycles. The van der Waals surface area contributed by atoms with E-state index in [0.29, 0.717) is 0 Å². The van der Waals surface area contributed by atoms with Crippen LogP contribution in [0.15, 0.2) is 109 Å². The maximum absolute atomic E-state index is 3.92. The Balaban J connectivity index is 1.60. The number of fused-ring (bicyclic) bond motifs is 8. The van der Waals surface area contributed by atoms with Crippen molar-refractivity contribution in [1.29, 1.82) is 0 Å². The number of hydrogen-bond acceptors (Lipinski definition) is 0. The third-order valence-electron chi connectivity index (χ3n) is 8.32. The molecule has 7 rings (SSSR count). The molecule has 4 heteroatoms. The van der Waals surface area contributed by atoms with Crippen molar-refractivity contribution in [3.63, 3.8) is 0 Å². The summed E-state index contributed by atoms with van der Waals surface area (Å²) in [6.45, 7) is 9.51. The number of nitrogens with one attached hydrogen (secondary N) is 2. The Kier molecular flexibility index (Phi) is 6.37. The zero-order chi connectivity index (χ0) is 27.5. The molecule has 2 nitrogen and oxygen atoms in total. The van der Waals surface area contributed by atoms with Crippen LogP contribution in [0.25, 0.3) is 11.1 Å². The fourth-order valence-corrected chi connectivity index (χ4v) is 11.7. The zero-order valence-electron chi connectivity index (χ0n) is 23.2. The van der Waals surface area contributed by atoms with Crippen molar-refractivity contribution in [2.24, 2.45) is 0 Å². The van der Waals surface area contributed by atoms with E-state index in [2.05, 4.69) is 147 Å². The first kappa shape index (κ1) is 25.9. The van der Waals surface area contributed by atoms with Crippen LogP contribution in [0.1, 0.15) is 70.5 Å². The van der Waals surface area contributed by atoms with Crippen molar-refractivity contribution in [2.45, 2.75) is 38.5 Å². The molecule has 0 spiro atoms. The molecule has 4 aromatic heterocycles. The molecule has 0 fully saturated rings. The Hall–Kier alpha value is -2.99. The molecule has 2 N–H and O–H groups in total. The Morgan fingerprint density at radius 2 is 0.925 bits per heavy atom. The SMILES string of the molecule is CC1(C)c2ccc([nH]2)/C(c2ccccc2)=c2/cc/c([te]2)=C(/c2ccccc2)c2ccc([nH]2)C(C)(C)c2ccc1[se]2. The maximum atomic E-state index is 3.92. The van der Waals surface area contributed by atoms with Crippen LogP contribution in [0.4, 0.5) is 0 Å². The standard InChI is InChI=1S/C36H32N2SeTe/c1-35(2)29-19-15-25(37-29)33(23-11-7-5-8-12-23)27-17-18-28(40-27)34(24-13-9-6-10-14-24)26-16-20-30(38-26)36(3,4)32-22-21-31(35)39-32/h5-22,37-38H,1-4H3/b33-27-,34-28+. The predicted molar refractivity (Wildman–Crippen MR) is 168 cm³/mol. The van der Waals surface area contributed by atoms with Crippen molar-refractivity contribution in [2.75, 3.05) is 0 Å². The summed E-state index contributed by atoms with van der Waals surface area (Å²) in [5.41, 5.74) is 10.1. The number of rotatable bonds is 2. The van der Waals surface area contributed by atoms with Gasteiger partial charge in [0.25, 0.3) is 0 Å². The van der Waals surface area contributed by atoms with Crippen molar-refractivity contribution in [3.8, 4) is 0 Å². The molecule has 0 saturated carbocycles. The monoisotopic (exact) mass is 702 g/mol. The Bertz CT molecular complexity index is 1810. The molecular formula is C36H32N2SeTe. The van der Waals surface area contributed by atoms with Gasteiger partial charge in [-0.25, -0.2) is 0 Å². The van der Waals surface area contributed by atoms with Crippen molar-refractivity contribution >= 4 is 46.1 Å². The van der Waals surface area contributed by atoms with Gasteiger partial charge in [-0.05, 0) is 0 Å². The number of aromatic amines is 2. The summed E-state index contributed by atoms with van der Waals surface area (Å²) >= 11 is -0.382. The molecule has 1 aliphatic rings. The Morgan fingerprint density at radius 3 is 1.35 bits per heavy atom. The molecule has 8 bridgehead atoms. The molecule has 6 aromatic rings. The number of aromatic nitrogens is 2. The summed E-state index contributed by atoms with van der Waals surface area (Å²) < 4.78 is 5.98. The van der Waals surface area contributed by atoms with Gasteiger partial charge in [-0.1, -0.05) is 0 Å². The second-order valence-electron chi connectivity index (χ2n) is 11.6. The minimum atomic E-state index is -0.655. The van der Waals surface area contributed by atoms with E-state index in [1.807, 2.05) is 0 Å². The zero-order valence-corrected chi connectivity index (χ0v) is 27.3. The van der Waals surface area contributed by atoms with Crippen LogP contribution in [0, 0.1) is 0 Å².